The molecule has 3 fully saturated rings. The molecule has 4 rings (SSSR count). The Balaban J connectivity index is 1.87. The van der Waals surface area contributed by atoms with Crippen LogP contribution >= 0.6 is 0 Å². The minimum absolute atomic E-state index is 0.107. The molecule has 1 spiro atoms. The van der Waals surface area contributed by atoms with E-state index in [0.29, 0.717) is 13.0 Å². The van der Waals surface area contributed by atoms with Crippen LogP contribution < -0.4 is 0 Å². The van der Waals surface area contributed by atoms with E-state index in [-0.39, 0.29) is 18.7 Å². The average Bonchev–Trinajstić information content (AvgIpc) is 3.40. The molecule has 0 radical (unpaired) electrons. The normalized spacial score (nSPS) is 44.5. The fourth-order valence-electron chi connectivity index (χ4n) is 5.88. The largest absolute Gasteiger partial charge is 0.465 e. The molecule has 8 nitrogen and oxygen atoms in total. The average molecular weight is 408 g/mol. The van der Waals surface area contributed by atoms with Gasteiger partial charge in [-0.25, -0.2) is 0 Å². The van der Waals surface area contributed by atoms with Crippen molar-refractivity contribution in [2.45, 2.75) is 77.5 Å². The molecule has 160 valence electrons. The minimum atomic E-state index is -0.794. The maximum atomic E-state index is 12.0. The van der Waals surface area contributed by atoms with Crippen molar-refractivity contribution in [3.63, 3.8) is 0 Å². The molecule has 7 unspecified atom stereocenters. The third kappa shape index (κ3) is 2.68. The van der Waals surface area contributed by atoms with Crippen LogP contribution in [0.5, 0.6) is 0 Å². The van der Waals surface area contributed by atoms with Crippen molar-refractivity contribution in [2.75, 3.05) is 13.2 Å². The van der Waals surface area contributed by atoms with Gasteiger partial charge in [0.1, 0.15) is 18.3 Å². The Bertz CT molecular complexity index is 784. The van der Waals surface area contributed by atoms with Gasteiger partial charge in [-0.2, -0.15) is 0 Å². The Morgan fingerprint density at radius 2 is 1.79 bits per heavy atom. The highest BCUT2D eigenvalue weighted by Gasteiger charge is 2.86. The van der Waals surface area contributed by atoms with Crippen LogP contribution in [0.4, 0.5) is 0 Å². The molecule has 29 heavy (non-hydrogen) atoms. The van der Waals surface area contributed by atoms with Crippen molar-refractivity contribution < 1.29 is 38.1 Å². The summed E-state index contributed by atoms with van der Waals surface area (Å²) < 4.78 is 29.4. The van der Waals surface area contributed by atoms with Crippen molar-refractivity contribution in [3.8, 4) is 0 Å². The molecule has 0 aromatic carbocycles. The molecule has 0 aromatic rings. The van der Waals surface area contributed by atoms with Gasteiger partial charge in [-0.3, -0.25) is 14.4 Å². The Kier molecular flexibility index (Phi) is 4.59. The summed E-state index contributed by atoms with van der Waals surface area (Å²) >= 11 is 0. The molecule has 2 aliphatic carbocycles. The zero-order chi connectivity index (χ0) is 21.2. The van der Waals surface area contributed by atoms with Gasteiger partial charge in [0.05, 0.1) is 18.1 Å². The molecule has 1 saturated carbocycles. The number of allylic oxidation sites excluding steroid dienone is 1. The lowest BCUT2D eigenvalue weighted by molar-refractivity contribution is -0.233. The number of carbonyl (C=O) groups is 3. The zero-order valence-corrected chi connectivity index (χ0v) is 17.5. The van der Waals surface area contributed by atoms with Crippen molar-refractivity contribution in [1.82, 2.24) is 0 Å². The number of epoxide rings is 1. The van der Waals surface area contributed by atoms with Crippen molar-refractivity contribution in [3.05, 3.63) is 11.6 Å². The number of hydrogen-bond donors (Lipinski definition) is 0. The topological polar surface area (TPSA) is 101 Å². The van der Waals surface area contributed by atoms with E-state index in [4.69, 9.17) is 23.7 Å². The van der Waals surface area contributed by atoms with Crippen molar-refractivity contribution >= 4 is 17.9 Å². The maximum Gasteiger partial charge on any atom is 0.303 e. The van der Waals surface area contributed by atoms with Crippen LogP contribution in [0, 0.1) is 10.8 Å². The molecule has 2 bridgehead atoms. The molecule has 2 saturated heterocycles. The number of esters is 3. The summed E-state index contributed by atoms with van der Waals surface area (Å²) in [4.78, 5) is 35.6. The van der Waals surface area contributed by atoms with Gasteiger partial charge in [0, 0.05) is 26.2 Å². The third-order valence-corrected chi connectivity index (χ3v) is 7.36. The lowest BCUT2D eigenvalue weighted by atomic mass is 9.51. The molecule has 0 amide bonds. The lowest BCUT2D eigenvalue weighted by Crippen LogP contribution is -2.66. The van der Waals surface area contributed by atoms with Crippen LogP contribution in [0.3, 0.4) is 0 Å². The van der Waals surface area contributed by atoms with Crippen LogP contribution in [-0.4, -0.2) is 61.1 Å². The second-order valence-electron chi connectivity index (χ2n) is 8.91. The second kappa shape index (κ2) is 6.54. The molecule has 0 N–H and O–H groups in total. The molecular formula is C21H28O8. The fourth-order valence-corrected chi connectivity index (χ4v) is 5.88. The first kappa shape index (κ1) is 20.3. The quantitative estimate of drug-likeness (QED) is 0.300. The van der Waals surface area contributed by atoms with E-state index in [1.807, 2.05) is 13.8 Å². The van der Waals surface area contributed by atoms with Crippen molar-refractivity contribution in [1.29, 1.82) is 0 Å². The summed E-state index contributed by atoms with van der Waals surface area (Å²) in [6.45, 7) is 8.57. The standard InChI is InChI=1S/C21H28O8/c1-11-6-7-20(9-25-12(2)22)15(8-11)29-18-16(27-13(3)23)17(28-14(4)24)19(20,5)21(18)10-26-21/h8,15-18H,6-7,9-10H2,1-5H3. The SMILES string of the molecule is CC(=O)OCC12CCC(C)=CC1OC1C(OC(C)=O)C(OC(C)=O)C2(C)C12CO2. The second-order valence-corrected chi connectivity index (χ2v) is 8.91. The first-order chi connectivity index (χ1) is 13.6. The molecule has 2 heterocycles. The molecule has 0 aromatic heterocycles. The van der Waals surface area contributed by atoms with E-state index in [0.717, 1.165) is 6.42 Å². The lowest BCUT2D eigenvalue weighted by Gasteiger charge is -2.57. The number of carbonyl (C=O) groups excluding carboxylic acids is 3. The van der Waals surface area contributed by atoms with E-state index in [2.05, 4.69) is 6.08 Å². The first-order valence-electron chi connectivity index (χ1n) is 10.0. The van der Waals surface area contributed by atoms with Gasteiger partial charge in [0.15, 0.2) is 12.2 Å². The third-order valence-electron chi connectivity index (χ3n) is 7.36. The Morgan fingerprint density at radius 3 is 2.34 bits per heavy atom. The highest BCUT2D eigenvalue weighted by molar-refractivity contribution is 5.68. The zero-order valence-electron chi connectivity index (χ0n) is 17.5. The molecule has 2 aliphatic heterocycles. The Morgan fingerprint density at radius 1 is 1.14 bits per heavy atom. The fraction of sp³-hybridized carbons (Fsp3) is 0.762. The van der Waals surface area contributed by atoms with E-state index < -0.39 is 46.7 Å². The van der Waals surface area contributed by atoms with E-state index in [1.54, 1.807) is 0 Å². The monoisotopic (exact) mass is 408 g/mol. The van der Waals surface area contributed by atoms with E-state index in [9.17, 15) is 14.4 Å². The van der Waals surface area contributed by atoms with Gasteiger partial charge in [0.2, 0.25) is 0 Å². The van der Waals surface area contributed by atoms with Crippen LogP contribution in [0.1, 0.15) is 47.5 Å². The van der Waals surface area contributed by atoms with E-state index in [1.165, 1.54) is 26.3 Å². The number of rotatable bonds is 4. The number of ether oxygens (including phenoxy) is 5. The van der Waals surface area contributed by atoms with Gasteiger partial charge in [-0.05, 0) is 19.8 Å². The van der Waals surface area contributed by atoms with Crippen LogP contribution in [0.2, 0.25) is 0 Å². The highest BCUT2D eigenvalue weighted by atomic mass is 16.7. The van der Waals surface area contributed by atoms with Gasteiger partial charge in [-0.1, -0.05) is 18.6 Å². The van der Waals surface area contributed by atoms with Crippen LogP contribution in [-0.2, 0) is 38.1 Å². The summed E-state index contributed by atoms with van der Waals surface area (Å²) in [6.07, 6.45) is 1.00. The van der Waals surface area contributed by atoms with Crippen LogP contribution in [0.25, 0.3) is 0 Å². The summed E-state index contributed by atoms with van der Waals surface area (Å²) in [5.74, 6) is -1.34. The predicted molar refractivity (Wildman–Crippen MR) is 98.6 cm³/mol. The molecule has 4 aliphatic rings. The minimum Gasteiger partial charge on any atom is -0.465 e. The first-order valence-corrected chi connectivity index (χ1v) is 10.0. The molecule has 7 atom stereocenters. The number of hydrogen-bond acceptors (Lipinski definition) is 8. The van der Waals surface area contributed by atoms with Gasteiger partial charge < -0.3 is 23.7 Å². The predicted octanol–water partition coefficient (Wildman–Crippen LogP) is 1.70. The summed E-state index contributed by atoms with van der Waals surface area (Å²) in [6, 6.07) is 0. The summed E-state index contributed by atoms with van der Waals surface area (Å²) in [7, 11) is 0. The Hall–Kier alpha value is -1.93. The highest BCUT2D eigenvalue weighted by Crippen LogP contribution is 2.72. The number of fused-ring (bicyclic) bond motifs is 2. The van der Waals surface area contributed by atoms with Gasteiger partial charge in [0.25, 0.3) is 0 Å². The summed E-state index contributed by atoms with van der Waals surface area (Å²) in [5, 5.41) is 0. The smallest absolute Gasteiger partial charge is 0.303 e. The van der Waals surface area contributed by atoms with Crippen LogP contribution in [0.15, 0.2) is 11.6 Å². The summed E-state index contributed by atoms with van der Waals surface area (Å²) in [5.41, 5.74) is -1.04. The van der Waals surface area contributed by atoms with E-state index >= 15 is 0 Å². The van der Waals surface area contributed by atoms with Gasteiger partial charge >= 0.3 is 17.9 Å². The molecular weight excluding hydrogens is 380 g/mol. The van der Waals surface area contributed by atoms with Crippen molar-refractivity contribution in [2.24, 2.45) is 10.8 Å². The van der Waals surface area contributed by atoms with Gasteiger partial charge in [-0.15, -0.1) is 0 Å². The Labute approximate surface area is 169 Å². The maximum absolute atomic E-state index is 12.0. The molecule has 8 heteroatoms.